The summed E-state index contributed by atoms with van der Waals surface area (Å²) in [6.45, 7) is 0.721. The maximum atomic E-state index is 12.2. The van der Waals surface area contributed by atoms with Crippen LogP contribution in [0.1, 0.15) is 31.5 Å². The summed E-state index contributed by atoms with van der Waals surface area (Å²) < 4.78 is 0. The number of carbonyl (C=O) groups excluding carboxylic acids is 1. The molecule has 22 heavy (non-hydrogen) atoms. The van der Waals surface area contributed by atoms with Crippen LogP contribution in [0.3, 0.4) is 0 Å². The molecule has 0 aliphatic heterocycles. The zero-order valence-corrected chi connectivity index (χ0v) is 13.4. The maximum absolute atomic E-state index is 12.2. The highest BCUT2D eigenvalue weighted by Crippen LogP contribution is 2.33. The Morgan fingerprint density at radius 3 is 2.73 bits per heavy atom. The number of hydrogen-bond acceptors (Lipinski definition) is 3. The van der Waals surface area contributed by atoms with Gasteiger partial charge < -0.3 is 15.2 Å². The van der Waals surface area contributed by atoms with Crippen molar-refractivity contribution in [2.45, 2.75) is 37.6 Å². The summed E-state index contributed by atoms with van der Waals surface area (Å²) in [5, 5.41) is 3.10. The molecule has 2 aromatic rings. The smallest absolute Gasteiger partial charge is 0.227 e. The number of amides is 1. The number of imidazole rings is 1. The van der Waals surface area contributed by atoms with Gasteiger partial charge in [0.1, 0.15) is 5.82 Å². The molecule has 0 spiro atoms. The minimum atomic E-state index is 0.0344. The molecular weight excluding hydrogens is 276 g/mol. The fourth-order valence-corrected chi connectivity index (χ4v) is 3.38. The van der Waals surface area contributed by atoms with E-state index in [1.165, 1.54) is 12.8 Å². The summed E-state index contributed by atoms with van der Waals surface area (Å²) in [7, 11) is 4.22. The summed E-state index contributed by atoms with van der Waals surface area (Å²) in [5.74, 6) is 0.760. The molecule has 0 saturated heterocycles. The first-order chi connectivity index (χ1) is 10.6. The minimum Gasteiger partial charge on any atom is -0.354 e. The van der Waals surface area contributed by atoms with Gasteiger partial charge in [-0.25, -0.2) is 4.98 Å². The van der Waals surface area contributed by atoms with Crippen LogP contribution >= 0.6 is 0 Å². The molecule has 0 radical (unpaired) electrons. The molecule has 1 aliphatic rings. The van der Waals surface area contributed by atoms with Crippen molar-refractivity contribution in [3.8, 4) is 0 Å². The largest absolute Gasteiger partial charge is 0.354 e. The minimum absolute atomic E-state index is 0.0344. The van der Waals surface area contributed by atoms with E-state index in [1.807, 2.05) is 24.3 Å². The maximum Gasteiger partial charge on any atom is 0.227 e. The molecule has 5 nitrogen and oxygen atoms in total. The van der Waals surface area contributed by atoms with Crippen molar-refractivity contribution in [3.63, 3.8) is 0 Å². The topological polar surface area (TPSA) is 61.0 Å². The number of likely N-dealkylation sites (N-methyl/N-ethyl adjacent to an activating group) is 1. The number of H-pyrrole nitrogens is 1. The highest BCUT2D eigenvalue weighted by molar-refractivity contribution is 5.80. The van der Waals surface area contributed by atoms with Gasteiger partial charge in [0.2, 0.25) is 5.91 Å². The summed E-state index contributed by atoms with van der Waals surface area (Å²) >= 11 is 0. The van der Waals surface area contributed by atoms with Crippen molar-refractivity contribution in [2.75, 3.05) is 20.6 Å². The number of carbonyl (C=O) groups is 1. The second kappa shape index (κ2) is 6.08. The second-order valence-electron chi connectivity index (χ2n) is 6.48. The Hall–Kier alpha value is -1.88. The van der Waals surface area contributed by atoms with Gasteiger partial charge in [0.25, 0.3) is 0 Å². The molecular formula is C17H24N4O. The van der Waals surface area contributed by atoms with Gasteiger partial charge in [0.15, 0.2) is 0 Å². The molecule has 1 aromatic heterocycles. The number of rotatable bonds is 5. The van der Waals surface area contributed by atoms with Crippen LogP contribution in [0.15, 0.2) is 24.3 Å². The van der Waals surface area contributed by atoms with E-state index in [9.17, 15) is 4.79 Å². The molecule has 0 bridgehead atoms. The van der Waals surface area contributed by atoms with E-state index in [1.54, 1.807) is 0 Å². The standard InChI is InChI=1S/C17H24N4O/c1-21(2)17(9-5-6-10-17)12-18-16(22)11-15-19-13-7-3-4-8-14(13)20-15/h3-4,7-8H,5-6,9-12H2,1-2H3,(H,18,22)(H,19,20). The third-order valence-corrected chi connectivity index (χ3v) is 4.86. The normalized spacial score (nSPS) is 17.2. The summed E-state index contributed by atoms with van der Waals surface area (Å²) in [6.07, 6.45) is 5.11. The first-order valence-corrected chi connectivity index (χ1v) is 7.97. The van der Waals surface area contributed by atoms with Gasteiger partial charge in [-0.1, -0.05) is 25.0 Å². The number of hydrogen-bond donors (Lipinski definition) is 2. The highest BCUT2D eigenvalue weighted by Gasteiger charge is 2.36. The molecule has 0 unspecified atom stereocenters. The Morgan fingerprint density at radius 1 is 1.32 bits per heavy atom. The van der Waals surface area contributed by atoms with Crippen molar-refractivity contribution >= 4 is 16.9 Å². The van der Waals surface area contributed by atoms with Gasteiger partial charge in [0, 0.05) is 12.1 Å². The Balaban J connectivity index is 1.60. The van der Waals surface area contributed by atoms with E-state index in [4.69, 9.17) is 0 Å². The molecule has 3 rings (SSSR count). The molecule has 1 fully saturated rings. The fraction of sp³-hybridized carbons (Fsp3) is 0.529. The molecule has 1 amide bonds. The Labute approximate surface area is 131 Å². The third-order valence-electron chi connectivity index (χ3n) is 4.86. The predicted octanol–water partition coefficient (Wildman–Crippen LogP) is 2.10. The molecule has 1 aliphatic carbocycles. The van der Waals surface area contributed by atoms with Crippen molar-refractivity contribution < 1.29 is 4.79 Å². The molecule has 5 heteroatoms. The van der Waals surface area contributed by atoms with Crippen LogP contribution in [0.4, 0.5) is 0 Å². The van der Waals surface area contributed by atoms with E-state index in [0.717, 1.165) is 36.2 Å². The lowest BCUT2D eigenvalue weighted by Gasteiger charge is -2.36. The first-order valence-electron chi connectivity index (χ1n) is 7.97. The third kappa shape index (κ3) is 2.99. The van der Waals surface area contributed by atoms with Gasteiger partial charge in [-0.2, -0.15) is 0 Å². The van der Waals surface area contributed by atoms with E-state index in [0.29, 0.717) is 6.42 Å². The van der Waals surface area contributed by atoms with Crippen LogP contribution in [-0.4, -0.2) is 47.0 Å². The number of nitrogens with one attached hydrogen (secondary N) is 2. The van der Waals surface area contributed by atoms with E-state index < -0.39 is 0 Å². The molecule has 1 heterocycles. The summed E-state index contributed by atoms with van der Waals surface area (Å²) in [5.41, 5.74) is 2.01. The van der Waals surface area contributed by atoms with Crippen molar-refractivity contribution in [3.05, 3.63) is 30.1 Å². The van der Waals surface area contributed by atoms with E-state index >= 15 is 0 Å². The zero-order valence-electron chi connectivity index (χ0n) is 13.4. The van der Waals surface area contributed by atoms with Crippen LogP contribution in [-0.2, 0) is 11.2 Å². The molecule has 0 atom stereocenters. The van der Waals surface area contributed by atoms with Crippen molar-refractivity contribution in [2.24, 2.45) is 0 Å². The molecule has 1 aromatic carbocycles. The Morgan fingerprint density at radius 2 is 2.05 bits per heavy atom. The van der Waals surface area contributed by atoms with Gasteiger partial charge in [-0.05, 0) is 39.1 Å². The predicted molar refractivity (Wildman–Crippen MR) is 87.7 cm³/mol. The van der Waals surface area contributed by atoms with Gasteiger partial charge >= 0.3 is 0 Å². The lowest BCUT2D eigenvalue weighted by atomic mass is 9.96. The molecule has 1 saturated carbocycles. The van der Waals surface area contributed by atoms with Gasteiger partial charge in [-0.3, -0.25) is 4.79 Å². The number of fused-ring (bicyclic) bond motifs is 1. The van der Waals surface area contributed by atoms with E-state index in [2.05, 4.69) is 34.3 Å². The van der Waals surface area contributed by atoms with Gasteiger partial charge in [-0.15, -0.1) is 0 Å². The Kier molecular flexibility index (Phi) is 4.16. The summed E-state index contributed by atoms with van der Waals surface area (Å²) in [4.78, 5) is 22.1. The number of aromatic nitrogens is 2. The average molecular weight is 300 g/mol. The number of aromatic amines is 1. The monoisotopic (exact) mass is 300 g/mol. The highest BCUT2D eigenvalue weighted by atomic mass is 16.1. The van der Waals surface area contributed by atoms with E-state index in [-0.39, 0.29) is 11.4 Å². The van der Waals surface area contributed by atoms with Crippen LogP contribution in [0.2, 0.25) is 0 Å². The lowest BCUT2D eigenvalue weighted by molar-refractivity contribution is -0.121. The first kappa shape index (κ1) is 15.0. The number of benzene rings is 1. The number of nitrogens with zero attached hydrogens (tertiary/aromatic N) is 2. The van der Waals surface area contributed by atoms with Crippen molar-refractivity contribution in [1.82, 2.24) is 20.2 Å². The fourth-order valence-electron chi connectivity index (χ4n) is 3.38. The van der Waals surface area contributed by atoms with Crippen LogP contribution < -0.4 is 5.32 Å². The zero-order chi connectivity index (χ0) is 15.6. The van der Waals surface area contributed by atoms with Crippen LogP contribution in [0, 0.1) is 0 Å². The molecule has 118 valence electrons. The van der Waals surface area contributed by atoms with Crippen LogP contribution in [0.5, 0.6) is 0 Å². The lowest BCUT2D eigenvalue weighted by Crippen LogP contribution is -2.51. The quantitative estimate of drug-likeness (QED) is 0.889. The average Bonchev–Trinajstić information content (AvgIpc) is 3.12. The molecule has 2 N–H and O–H groups in total. The van der Waals surface area contributed by atoms with Gasteiger partial charge in [0.05, 0.1) is 17.5 Å². The summed E-state index contributed by atoms with van der Waals surface area (Å²) in [6, 6.07) is 7.84. The van der Waals surface area contributed by atoms with Crippen molar-refractivity contribution in [1.29, 1.82) is 0 Å². The van der Waals surface area contributed by atoms with Crippen LogP contribution in [0.25, 0.3) is 11.0 Å². The second-order valence-corrected chi connectivity index (χ2v) is 6.48. The Bertz CT molecular complexity index is 622. The number of para-hydroxylation sites is 2. The SMILES string of the molecule is CN(C)C1(CNC(=O)Cc2nc3ccccc3[nH]2)CCCC1.